The van der Waals surface area contributed by atoms with Gasteiger partial charge < -0.3 is 10.2 Å². The maximum Gasteiger partial charge on any atom is 0.244 e. The Morgan fingerprint density at radius 2 is 2.06 bits per heavy atom. The number of H-pyrrole nitrogens is 1. The zero-order chi connectivity index (χ0) is 13.3. The summed E-state index contributed by atoms with van der Waals surface area (Å²) in [5.74, 6) is 0. The Labute approximate surface area is 99.9 Å². The van der Waals surface area contributed by atoms with Crippen molar-refractivity contribution in [3.05, 3.63) is 11.4 Å². The lowest BCUT2D eigenvalue weighted by atomic mass is 10.1. The number of aromatic amines is 1. The zero-order valence-corrected chi connectivity index (χ0v) is 10.8. The Kier molecular flexibility index (Phi) is 3.92. The normalized spacial score (nSPS) is 15.8. The monoisotopic (exact) mass is 263 g/mol. The molecule has 0 fully saturated rings. The van der Waals surface area contributed by atoms with Crippen LogP contribution in [0.2, 0.25) is 0 Å². The minimum Gasteiger partial charge on any atom is -0.393 e. The first-order valence-electron chi connectivity index (χ1n) is 5.04. The Morgan fingerprint density at radius 1 is 1.47 bits per heavy atom. The van der Waals surface area contributed by atoms with Gasteiger partial charge in [-0.3, -0.25) is 5.10 Å². The maximum atomic E-state index is 11.9. The lowest BCUT2D eigenvalue weighted by molar-refractivity contribution is 0.00681. The molecule has 0 aromatic carbocycles. The van der Waals surface area contributed by atoms with Crippen molar-refractivity contribution in [3.63, 3.8) is 0 Å². The van der Waals surface area contributed by atoms with Gasteiger partial charge in [0.1, 0.15) is 4.90 Å². The molecule has 98 valence electrons. The van der Waals surface area contributed by atoms with Gasteiger partial charge in [-0.2, -0.15) is 5.10 Å². The lowest BCUT2D eigenvalue weighted by Gasteiger charge is -2.20. The van der Waals surface area contributed by atoms with Gasteiger partial charge in [-0.15, -0.1) is 0 Å². The van der Waals surface area contributed by atoms with Gasteiger partial charge in [0, 0.05) is 6.54 Å². The van der Waals surface area contributed by atoms with Crippen LogP contribution in [0, 0.1) is 13.8 Å². The molecular formula is C9H17N3O4S. The molecule has 4 N–H and O–H groups in total. The van der Waals surface area contributed by atoms with Crippen LogP contribution in [-0.4, -0.2) is 47.6 Å². The third-order valence-electron chi connectivity index (χ3n) is 2.31. The molecule has 0 saturated carbocycles. The molecule has 0 aliphatic heterocycles. The molecule has 0 amide bonds. The fourth-order valence-electron chi connectivity index (χ4n) is 1.32. The Morgan fingerprint density at radius 3 is 2.47 bits per heavy atom. The highest BCUT2D eigenvalue weighted by Gasteiger charge is 2.26. The van der Waals surface area contributed by atoms with Crippen molar-refractivity contribution in [1.29, 1.82) is 0 Å². The SMILES string of the molecule is Cc1n[nH]c(C)c1S(=O)(=O)NCC(C)(O)CO. The van der Waals surface area contributed by atoms with Crippen LogP contribution in [0.4, 0.5) is 0 Å². The van der Waals surface area contributed by atoms with Gasteiger partial charge in [0.05, 0.1) is 23.6 Å². The van der Waals surface area contributed by atoms with Crippen molar-refractivity contribution in [2.24, 2.45) is 0 Å². The van der Waals surface area contributed by atoms with E-state index in [0.717, 1.165) is 0 Å². The number of sulfonamides is 1. The first-order chi connectivity index (χ1) is 7.69. The molecule has 7 nitrogen and oxygen atoms in total. The second-order valence-electron chi connectivity index (χ2n) is 4.24. The number of hydrogen-bond donors (Lipinski definition) is 4. The van der Waals surface area contributed by atoms with E-state index < -0.39 is 22.2 Å². The first kappa shape index (κ1) is 14.1. The average Bonchev–Trinajstić information content (AvgIpc) is 2.57. The highest BCUT2D eigenvalue weighted by atomic mass is 32.2. The number of hydrogen-bond acceptors (Lipinski definition) is 5. The van der Waals surface area contributed by atoms with E-state index in [-0.39, 0.29) is 11.4 Å². The molecule has 0 spiro atoms. The lowest BCUT2D eigenvalue weighted by Crippen LogP contribution is -2.43. The fraction of sp³-hybridized carbons (Fsp3) is 0.667. The van der Waals surface area contributed by atoms with Crippen molar-refractivity contribution in [1.82, 2.24) is 14.9 Å². The number of aliphatic hydroxyl groups excluding tert-OH is 1. The molecule has 0 radical (unpaired) electrons. The molecule has 1 aromatic rings. The van der Waals surface area contributed by atoms with Crippen molar-refractivity contribution >= 4 is 10.0 Å². The Balaban J connectivity index is 2.91. The summed E-state index contributed by atoms with van der Waals surface area (Å²) in [6.45, 7) is 3.71. The van der Waals surface area contributed by atoms with E-state index in [1.54, 1.807) is 13.8 Å². The highest BCUT2D eigenvalue weighted by molar-refractivity contribution is 7.89. The smallest absolute Gasteiger partial charge is 0.244 e. The summed E-state index contributed by atoms with van der Waals surface area (Å²) in [5, 5.41) is 24.7. The molecule has 1 atom stereocenters. The standard InChI is InChI=1S/C9H17N3O4S/c1-6-8(7(2)12-11-6)17(15,16)10-4-9(3,14)5-13/h10,13-14H,4-5H2,1-3H3,(H,11,12). The summed E-state index contributed by atoms with van der Waals surface area (Å²) >= 11 is 0. The number of aliphatic hydroxyl groups is 2. The van der Waals surface area contributed by atoms with E-state index in [9.17, 15) is 13.5 Å². The minimum absolute atomic E-state index is 0.0752. The van der Waals surface area contributed by atoms with Crippen molar-refractivity contribution in [3.8, 4) is 0 Å². The molecule has 0 saturated heterocycles. The number of nitrogens with zero attached hydrogens (tertiary/aromatic N) is 1. The number of aromatic nitrogens is 2. The third kappa shape index (κ3) is 3.25. The van der Waals surface area contributed by atoms with E-state index in [1.165, 1.54) is 6.92 Å². The van der Waals surface area contributed by atoms with Crippen LogP contribution >= 0.6 is 0 Å². The number of aryl methyl sites for hydroxylation is 2. The molecule has 1 aromatic heterocycles. The third-order valence-corrected chi connectivity index (χ3v) is 3.98. The van der Waals surface area contributed by atoms with Crippen molar-refractivity contribution in [2.75, 3.05) is 13.2 Å². The molecule has 1 heterocycles. The van der Waals surface area contributed by atoms with Gasteiger partial charge in [0.2, 0.25) is 10.0 Å². The summed E-state index contributed by atoms with van der Waals surface area (Å²) in [4.78, 5) is 0.0752. The second-order valence-corrected chi connectivity index (χ2v) is 5.95. The van der Waals surface area contributed by atoms with Gasteiger partial charge in [0.15, 0.2) is 0 Å². The molecule has 0 aliphatic rings. The zero-order valence-electron chi connectivity index (χ0n) is 9.98. The largest absolute Gasteiger partial charge is 0.393 e. The van der Waals surface area contributed by atoms with Crippen LogP contribution < -0.4 is 4.72 Å². The minimum atomic E-state index is -3.74. The van der Waals surface area contributed by atoms with Crippen LogP contribution in [0.1, 0.15) is 18.3 Å². The van der Waals surface area contributed by atoms with Crippen LogP contribution in [0.3, 0.4) is 0 Å². The van der Waals surface area contributed by atoms with Crippen molar-refractivity contribution < 1.29 is 18.6 Å². The van der Waals surface area contributed by atoms with Crippen LogP contribution in [-0.2, 0) is 10.0 Å². The summed E-state index contributed by atoms with van der Waals surface area (Å²) in [6.07, 6.45) is 0. The van der Waals surface area contributed by atoms with Crippen LogP contribution in [0.25, 0.3) is 0 Å². The Bertz CT molecular complexity index is 473. The quantitative estimate of drug-likeness (QED) is 0.546. The molecule has 1 rings (SSSR count). The number of nitrogens with one attached hydrogen (secondary N) is 2. The van der Waals surface area contributed by atoms with Gasteiger partial charge in [-0.05, 0) is 20.8 Å². The second kappa shape index (κ2) is 4.73. The average molecular weight is 263 g/mol. The molecule has 8 heteroatoms. The van der Waals surface area contributed by atoms with E-state index >= 15 is 0 Å². The molecule has 0 bridgehead atoms. The number of rotatable bonds is 5. The van der Waals surface area contributed by atoms with Crippen LogP contribution in [0.5, 0.6) is 0 Å². The molecular weight excluding hydrogens is 246 g/mol. The van der Waals surface area contributed by atoms with Gasteiger partial charge in [-0.25, -0.2) is 13.1 Å². The van der Waals surface area contributed by atoms with Crippen molar-refractivity contribution in [2.45, 2.75) is 31.3 Å². The predicted octanol–water partition coefficient (Wildman–Crippen LogP) is -0.952. The van der Waals surface area contributed by atoms with Gasteiger partial charge >= 0.3 is 0 Å². The van der Waals surface area contributed by atoms with Gasteiger partial charge in [-0.1, -0.05) is 0 Å². The molecule has 1 unspecified atom stereocenters. The summed E-state index contributed by atoms with van der Waals surface area (Å²) < 4.78 is 26.1. The molecule has 17 heavy (non-hydrogen) atoms. The van der Waals surface area contributed by atoms with E-state index in [4.69, 9.17) is 5.11 Å². The first-order valence-corrected chi connectivity index (χ1v) is 6.52. The van der Waals surface area contributed by atoms with Crippen LogP contribution in [0.15, 0.2) is 4.90 Å². The van der Waals surface area contributed by atoms with E-state index in [1.807, 2.05) is 0 Å². The van der Waals surface area contributed by atoms with Gasteiger partial charge in [0.25, 0.3) is 0 Å². The summed E-state index contributed by atoms with van der Waals surface area (Å²) in [6, 6.07) is 0. The Hall–Kier alpha value is -0.960. The maximum absolute atomic E-state index is 11.9. The van der Waals surface area contributed by atoms with E-state index in [2.05, 4.69) is 14.9 Å². The molecule has 0 aliphatic carbocycles. The predicted molar refractivity (Wildman–Crippen MR) is 61.0 cm³/mol. The topological polar surface area (TPSA) is 115 Å². The summed E-state index contributed by atoms with van der Waals surface area (Å²) in [5.41, 5.74) is -0.698. The fourth-order valence-corrected chi connectivity index (χ4v) is 2.84. The highest BCUT2D eigenvalue weighted by Crippen LogP contribution is 2.16. The summed E-state index contributed by atoms with van der Waals surface area (Å²) in [7, 11) is -3.74. The van der Waals surface area contributed by atoms with E-state index in [0.29, 0.717) is 11.4 Å².